The molecule has 0 bridgehead atoms. The Hall–Kier alpha value is -1.67. The molecular weight excluding hydrogens is 226 g/mol. The fourth-order valence-electron chi connectivity index (χ4n) is 1.54. The van der Waals surface area contributed by atoms with Gasteiger partial charge in [-0.05, 0) is 24.7 Å². The number of rotatable bonds is 5. The minimum atomic E-state index is -2.35. The lowest BCUT2D eigenvalue weighted by molar-refractivity contribution is 0.0975. The quantitative estimate of drug-likeness (QED) is 0.792. The summed E-state index contributed by atoms with van der Waals surface area (Å²) in [5.41, 5.74) is 1.27. The van der Waals surface area contributed by atoms with Crippen LogP contribution in [0.25, 0.3) is 0 Å². The van der Waals surface area contributed by atoms with Crippen LogP contribution in [0.2, 0.25) is 0 Å². The predicted octanol–water partition coefficient (Wildman–Crippen LogP) is 2.26. The van der Waals surface area contributed by atoms with Gasteiger partial charge in [-0.2, -0.15) is 5.26 Å². The fraction of sp³-hybridized carbons (Fsp3) is 0.417. The standard InChI is InChI=1S/C12H14F2N2O/c1-16(8-12(13)14)7-9-3-4-10(6-15)11(5-9)17-2/h3-5,12H,7-8H2,1-2H3. The van der Waals surface area contributed by atoms with Gasteiger partial charge < -0.3 is 4.74 Å². The third kappa shape index (κ3) is 4.00. The molecule has 0 fully saturated rings. The molecule has 1 aromatic rings. The van der Waals surface area contributed by atoms with Gasteiger partial charge in [0.2, 0.25) is 0 Å². The molecule has 0 aliphatic rings. The van der Waals surface area contributed by atoms with E-state index in [1.165, 1.54) is 12.0 Å². The lowest BCUT2D eigenvalue weighted by atomic mass is 10.1. The van der Waals surface area contributed by atoms with Crippen molar-refractivity contribution < 1.29 is 13.5 Å². The van der Waals surface area contributed by atoms with Crippen LogP contribution >= 0.6 is 0 Å². The van der Waals surface area contributed by atoms with Crippen molar-refractivity contribution in [1.29, 1.82) is 5.26 Å². The van der Waals surface area contributed by atoms with Crippen LogP contribution < -0.4 is 4.74 Å². The molecule has 5 heteroatoms. The van der Waals surface area contributed by atoms with Crippen molar-refractivity contribution in [1.82, 2.24) is 4.90 Å². The van der Waals surface area contributed by atoms with E-state index >= 15 is 0 Å². The Kier molecular flexibility index (Phi) is 4.85. The average Bonchev–Trinajstić information content (AvgIpc) is 2.27. The van der Waals surface area contributed by atoms with Gasteiger partial charge in [0.05, 0.1) is 19.2 Å². The highest BCUT2D eigenvalue weighted by Gasteiger charge is 2.09. The molecule has 0 aromatic heterocycles. The maximum atomic E-state index is 12.1. The Balaban J connectivity index is 2.76. The second kappa shape index (κ2) is 6.16. The normalized spacial score (nSPS) is 10.6. The number of nitrogens with zero attached hydrogens (tertiary/aromatic N) is 2. The van der Waals surface area contributed by atoms with Crippen LogP contribution in [-0.4, -0.2) is 32.0 Å². The van der Waals surface area contributed by atoms with E-state index < -0.39 is 6.43 Å². The summed E-state index contributed by atoms with van der Waals surface area (Å²) < 4.78 is 29.3. The summed E-state index contributed by atoms with van der Waals surface area (Å²) >= 11 is 0. The zero-order valence-corrected chi connectivity index (χ0v) is 9.78. The smallest absolute Gasteiger partial charge is 0.251 e. The maximum absolute atomic E-state index is 12.1. The third-order valence-electron chi connectivity index (χ3n) is 2.29. The number of alkyl halides is 2. The first-order chi connectivity index (χ1) is 8.06. The monoisotopic (exact) mass is 240 g/mol. The lowest BCUT2D eigenvalue weighted by Crippen LogP contribution is -2.24. The van der Waals surface area contributed by atoms with Crippen LogP contribution in [0.4, 0.5) is 8.78 Å². The molecule has 0 unspecified atom stereocenters. The van der Waals surface area contributed by atoms with Gasteiger partial charge in [0.25, 0.3) is 6.43 Å². The fourth-order valence-corrected chi connectivity index (χ4v) is 1.54. The van der Waals surface area contributed by atoms with Gasteiger partial charge in [0, 0.05) is 6.54 Å². The van der Waals surface area contributed by atoms with E-state index in [0.29, 0.717) is 17.9 Å². The van der Waals surface area contributed by atoms with E-state index in [4.69, 9.17) is 10.00 Å². The summed E-state index contributed by atoms with van der Waals surface area (Å²) in [6.45, 7) is 0.120. The second-order valence-corrected chi connectivity index (χ2v) is 3.73. The topological polar surface area (TPSA) is 36.3 Å². The highest BCUT2D eigenvalue weighted by atomic mass is 19.3. The van der Waals surface area contributed by atoms with Crippen molar-refractivity contribution in [3.8, 4) is 11.8 Å². The van der Waals surface area contributed by atoms with Crippen LogP contribution in [0.5, 0.6) is 5.75 Å². The Labute approximate surface area is 99.2 Å². The van der Waals surface area contributed by atoms with Gasteiger partial charge in [-0.25, -0.2) is 8.78 Å². The summed E-state index contributed by atoms with van der Waals surface area (Å²) in [6.07, 6.45) is -2.35. The van der Waals surface area contributed by atoms with Crippen molar-refractivity contribution in [2.75, 3.05) is 20.7 Å². The molecule has 0 amide bonds. The number of halogens is 2. The van der Waals surface area contributed by atoms with Crippen LogP contribution in [0.3, 0.4) is 0 Å². The Morgan fingerprint density at radius 1 is 1.47 bits per heavy atom. The molecule has 92 valence electrons. The summed E-state index contributed by atoms with van der Waals surface area (Å²) in [6, 6.07) is 7.06. The number of methoxy groups -OCH3 is 1. The molecule has 0 aliphatic carbocycles. The molecule has 0 saturated carbocycles. The lowest BCUT2D eigenvalue weighted by Gasteiger charge is -2.16. The molecule has 0 aliphatic heterocycles. The van der Waals surface area contributed by atoms with Crippen molar-refractivity contribution >= 4 is 0 Å². The van der Waals surface area contributed by atoms with E-state index in [1.54, 1.807) is 25.2 Å². The molecule has 0 spiro atoms. The first-order valence-corrected chi connectivity index (χ1v) is 5.10. The van der Waals surface area contributed by atoms with E-state index in [-0.39, 0.29) is 6.54 Å². The van der Waals surface area contributed by atoms with Crippen molar-refractivity contribution in [3.05, 3.63) is 29.3 Å². The maximum Gasteiger partial charge on any atom is 0.251 e. The number of nitriles is 1. The van der Waals surface area contributed by atoms with E-state index in [2.05, 4.69) is 0 Å². The van der Waals surface area contributed by atoms with Gasteiger partial charge in [-0.1, -0.05) is 6.07 Å². The molecule has 0 N–H and O–H groups in total. The predicted molar refractivity (Wildman–Crippen MR) is 60.0 cm³/mol. The van der Waals surface area contributed by atoms with E-state index in [9.17, 15) is 8.78 Å². The first kappa shape index (κ1) is 13.4. The van der Waals surface area contributed by atoms with E-state index in [0.717, 1.165) is 5.56 Å². The zero-order chi connectivity index (χ0) is 12.8. The second-order valence-electron chi connectivity index (χ2n) is 3.73. The summed E-state index contributed by atoms with van der Waals surface area (Å²) in [4.78, 5) is 1.52. The zero-order valence-electron chi connectivity index (χ0n) is 9.78. The minimum absolute atomic E-state index is 0.275. The highest BCUT2D eigenvalue weighted by molar-refractivity contribution is 5.45. The largest absolute Gasteiger partial charge is 0.495 e. The van der Waals surface area contributed by atoms with Crippen LogP contribution in [0.15, 0.2) is 18.2 Å². The summed E-state index contributed by atoms with van der Waals surface area (Å²) in [5.74, 6) is 0.468. The van der Waals surface area contributed by atoms with E-state index in [1.807, 2.05) is 6.07 Å². The minimum Gasteiger partial charge on any atom is -0.495 e. The SMILES string of the molecule is COc1cc(CN(C)CC(F)F)ccc1C#N. The van der Waals surface area contributed by atoms with Crippen LogP contribution in [-0.2, 0) is 6.54 Å². The van der Waals surface area contributed by atoms with Gasteiger partial charge >= 0.3 is 0 Å². The third-order valence-corrected chi connectivity index (χ3v) is 2.29. The molecule has 1 rings (SSSR count). The Bertz CT molecular complexity index is 415. The van der Waals surface area contributed by atoms with Crippen molar-refractivity contribution in [3.63, 3.8) is 0 Å². The van der Waals surface area contributed by atoms with Gasteiger partial charge in [0.15, 0.2) is 0 Å². The van der Waals surface area contributed by atoms with Gasteiger partial charge in [-0.15, -0.1) is 0 Å². The van der Waals surface area contributed by atoms with Gasteiger partial charge in [-0.3, -0.25) is 4.90 Å². The molecule has 1 aromatic carbocycles. The molecule has 17 heavy (non-hydrogen) atoms. The molecule has 0 saturated heterocycles. The average molecular weight is 240 g/mol. The Morgan fingerprint density at radius 2 is 2.18 bits per heavy atom. The van der Waals surface area contributed by atoms with Crippen LogP contribution in [0, 0.1) is 11.3 Å². The number of hydrogen-bond acceptors (Lipinski definition) is 3. The van der Waals surface area contributed by atoms with Crippen molar-refractivity contribution in [2.24, 2.45) is 0 Å². The summed E-state index contributed by atoms with van der Waals surface area (Å²) in [5, 5.41) is 8.80. The number of benzene rings is 1. The van der Waals surface area contributed by atoms with Crippen LogP contribution in [0.1, 0.15) is 11.1 Å². The van der Waals surface area contributed by atoms with Crippen molar-refractivity contribution in [2.45, 2.75) is 13.0 Å². The molecule has 0 atom stereocenters. The summed E-state index contributed by atoms with van der Waals surface area (Å²) in [7, 11) is 3.10. The number of hydrogen-bond donors (Lipinski definition) is 0. The Morgan fingerprint density at radius 3 is 2.71 bits per heavy atom. The molecule has 3 nitrogen and oxygen atoms in total. The molecule has 0 heterocycles. The molecule has 0 radical (unpaired) electrons. The number of ether oxygens (including phenoxy) is 1. The van der Waals surface area contributed by atoms with Gasteiger partial charge in [0.1, 0.15) is 11.8 Å². The first-order valence-electron chi connectivity index (χ1n) is 5.10. The molecular formula is C12H14F2N2O. The highest BCUT2D eigenvalue weighted by Crippen LogP contribution is 2.20.